The average molecular weight is 390 g/mol. The van der Waals surface area contributed by atoms with E-state index in [9.17, 15) is 8.78 Å². The summed E-state index contributed by atoms with van der Waals surface area (Å²) in [7, 11) is 1.30. The lowest BCUT2D eigenvalue weighted by molar-refractivity contribution is -0.0219. The number of hydrogen-bond acceptors (Lipinski definition) is 3. The number of aryl methyl sites for hydroxylation is 1. The Kier molecular flexibility index (Phi) is 7.26. The van der Waals surface area contributed by atoms with Gasteiger partial charge in [0.2, 0.25) is 11.6 Å². The molecule has 5 heteroatoms. The molecular weight excluding hydrogens is 362 g/mol. The van der Waals surface area contributed by atoms with E-state index in [1.54, 1.807) is 0 Å². The second-order valence-electron chi connectivity index (χ2n) is 7.28. The molecule has 1 fully saturated rings. The van der Waals surface area contributed by atoms with Crippen LogP contribution in [-0.4, -0.2) is 26.4 Å². The van der Waals surface area contributed by atoms with Crippen molar-refractivity contribution in [2.24, 2.45) is 0 Å². The van der Waals surface area contributed by atoms with Crippen molar-refractivity contribution in [1.82, 2.24) is 0 Å². The quantitative estimate of drug-likeness (QED) is 0.582. The standard InChI is InChI=1S/C23H28F2O3/c1-3-4-5-16-6-8-17(9-7-16)18-10-11-19(27-14-18)15-28-21-13-12-20(26-2)22(24)23(21)25/h6-9,12-13,18-19H,3-5,10-11,14-15H2,1-2H3. The molecule has 0 saturated carbocycles. The Labute approximate surface area is 165 Å². The summed E-state index contributed by atoms with van der Waals surface area (Å²) in [6, 6.07) is 11.6. The molecule has 2 atom stereocenters. The number of methoxy groups -OCH3 is 1. The lowest BCUT2D eigenvalue weighted by atomic mass is 9.90. The average Bonchev–Trinajstić information content (AvgIpc) is 2.74. The van der Waals surface area contributed by atoms with Gasteiger partial charge in [-0.25, -0.2) is 0 Å². The Morgan fingerprint density at radius 1 is 1.00 bits per heavy atom. The van der Waals surface area contributed by atoms with E-state index in [2.05, 4.69) is 31.2 Å². The molecule has 2 aromatic rings. The molecule has 1 aliphatic rings. The molecule has 0 bridgehead atoms. The lowest BCUT2D eigenvalue weighted by Crippen LogP contribution is -2.29. The zero-order valence-electron chi connectivity index (χ0n) is 16.5. The molecule has 0 spiro atoms. The summed E-state index contributed by atoms with van der Waals surface area (Å²) >= 11 is 0. The number of benzene rings is 2. The molecule has 3 rings (SSSR count). The van der Waals surface area contributed by atoms with E-state index in [-0.39, 0.29) is 24.2 Å². The minimum atomic E-state index is -1.04. The Hall–Kier alpha value is -2.14. The van der Waals surface area contributed by atoms with Crippen LogP contribution in [0, 0.1) is 11.6 Å². The predicted molar refractivity (Wildman–Crippen MR) is 105 cm³/mol. The fourth-order valence-corrected chi connectivity index (χ4v) is 3.50. The molecule has 1 heterocycles. The van der Waals surface area contributed by atoms with Gasteiger partial charge in [-0.3, -0.25) is 0 Å². The fraction of sp³-hybridized carbons (Fsp3) is 0.478. The highest BCUT2D eigenvalue weighted by molar-refractivity contribution is 5.35. The smallest absolute Gasteiger partial charge is 0.204 e. The SMILES string of the molecule is CCCCc1ccc(C2CCC(COc3ccc(OC)c(F)c3F)OC2)cc1. The van der Waals surface area contributed by atoms with Crippen LogP contribution in [0.15, 0.2) is 36.4 Å². The van der Waals surface area contributed by atoms with Crippen molar-refractivity contribution >= 4 is 0 Å². The zero-order valence-corrected chi connectivity index (χ0v) is 16.5. The van der Waals surface area contributed by atoms with Crippen molar-refractivity contribution in [3.8, 4) is 11.5 Å². The van der Waals surface area contributed by atoms with Crippen molar-refractivity contribution in [2.45, 2.75) is 51.0 Å². The van der Waals surface area contributed by atoms with Gasteiger partial charge in [-0.15, -0.1) is 0 Å². The molecule has 3 nitrogen and oxygen atoms in total. The Morgan fingerprint density at radius 3 is 2.36 bits per heavy atom. The van der Waals surface area contributed by atoms with E-state index in [1.165, 1.54) is 43.2 Å². The first-order valence-corrected chi connectivity index (χ1v) is 9.97. The zero-order chi connectivity index (χ0) is 19.9. The number of halogens is 2. The van der Waals surface area contributed by atoms with Gasteiger partial charge in [0.15, 0.2) is 11.5 Å². The summed E-state index contributed by atoms with van der Waals surface area (Å²) in [4.78, 5) is 0. The molecule has 2 aromatic carbocycles. The van der Waals surface area contributed by atoms with Gasteiger partial charge < -0.3 is 14.2 Å². The second kappa shape index (κ2) is 9.87. The van der Waals surface area contributed by atoms with Crippen LogP contribution in [0.2, 0.25) is 0 Å². The van der Waals surface area contributed by atoms with Crippen LogP contribution in [0.1, 0.15) is 49.7 Å². The van der Waals surface area contributed by atoms with Crippen molar-refractivity contribution in [3.05, 3.63) is 59.2 Å². The first-order valence-electron chi connectivity index (χ1n) is 9.97. The van der Waals surface area contributed by atoms with Crippen molar-refractivity contribution < 1.29 is 23.0 Å². The van der Waals surface area contributed by atoms with E-state index in [4.69, 9.17) is 14.2 Å². The Morgan fingerprint density at radius 2 is 1.71 bits per heavy atom. The molecule has 0 aliphatic carbocycles. The highest BCUT2D eigenvalue weighted by Gasteiger charge is 2.24. The molecular formula is C23H28F2O3. The van der Waals surface area contributed by atoms with Crippen LogP contribution >= 0.6 is 0 Å². The highest BCUT2D eigenvalue weighted by Crippen LogP contribution is 2.30. The largest absolute Gasteiger partial charge is 0.494 e. The number of ether oxygens (including phenoxy) is 3. The Balaban J connectivity index is 1.48. The second-order valence-corrected chi connectivity index (χ2v) is 7.28. The maximum Gasteiger partial charge on any atom is 0.204 e. The molecule has 152 valence electrons. The molecule has 2 unspecified atom stereocenters. The number of hydrogen-bond donors (Lipinski definition) is 0. The monoisotopic (exact) mass is 390 g/mol. The van der Waals surface area contributed by atoms with E-state index < -0.39 is 11.6 Å². The fourth-order valence-electron chi connectivity index (χ4n) is 3.50. The summed E-state index contributed by atoms with van der Waals surface area (Å²) in [5.41, 5.74) is 2.67. The predicted octanol–water partition coefficient (Wildman–Crippen LogP) is 5.66. The van der Waals surface area contributed by atoms with Crippen molar-refractivity contribution in [3.63, 3.8) is 0 Å². The first kappa shape index (κ1) is 20.6. The third kappa shape index (κ3) is 5.02. The molecule has 0 amide bonds. The normalized spacial score (nSPS) is 19.4. The van der Waals surface area contributed by atoms with Crippen LogP contribution in [0.5, 0.6) is 11.5 Å². The minimum Gasteiger partial charge on any atom is -0.494 e. The third-order valence-electron chi connectivity index (χ3n) is 5.30. The summed E-state index contributed by atoms with van der Waals surface area (Å²) in [6.45, 7) is 3.01. The van der Waals surface area contributed by atoms with Gasteiger partial charge in [0, 0.05) is 5.92 Å². The molecule has 1 aliphatic heterocycles. The van der Waals surface area contributed by atoms with Gasteiger partial charge >= 0.3 is 0 Å². The van der Waals surface area contributed by atoms with Gasteiger partial charge in [0.25, 0.3) is 0 Å². The van der Waals surface area contributed by atoms with E-state index in [1.807, 2.05) is 0 Å². The molecule has 0 aromatic heterocycles. The molecule has 1 saturated heterocycles. The van der Waals surface area contributed by atoms with Gasteiger partial charge in [-0.2, -0.15) is 8.78 Å². The Bertz CT molecular complexity index is 753. The van der Waals surface area contributed by atoms with E-state index >= 15 is 0 Å². The van der Waals surface area contributed by atoms with Gasteiger partial charge in [0.05, 0.1) is 19.8 Å². The lowest BCUT2D eigenvalue weighted by Gasteiger charge is -2.29. The highest BCUT2D eigenvalue weighted by atomic mass is 19.2. The van der Waals surface area contributed by atoms with Crippen LogP contribution in [0.3, 0.4) is 0 Å². The van der Waals surface area contributed by atoms with Gasteiger partial charge in [-0.05, 0) is 48.9 Å². The maximum absolute atomic E-state index is 14.0. The van der Waals surface area contributed by atoms with Crippen molar-refractivity contribution in [1.29, 1.82) is 0 Å². The van der Waals surface area contributed by atoms with Crippen LogP contribution in [0.25, 0.3) is 0 Å². The summed E-state index contributed by atoms with van der Waals surface area (Å²) in [6.07, 6.45) is 5.23. The molecule has 0 N–H and O–H groups in total. The number of unbranched alkanes of at least 4 members (excludes halogenated alkanes) is 1. The van der Waals surface area contributed by atoms with Gasteiger partial charge in [-0.1, -0.05) is 37.6 Å². The summed E-state index contributed by atoms with van der Waals surface area (Å²) in [5, 5.41) is 0. The topological polar surface area (TPSA) is 27.7 Å². The van der Waals surface area contributed by atoms with Crippen LogP contribution < -0.4 is 9.47 Å². The summed E-state index contributed by atoms with van der Waals surface area (Å²) in [5.74, 6) is -1.95. The maximum atomic E-state index is 14.0. The first-order chi connectivity index (χ1) is 13.6. The summed E-state index contributed by atoms with van der Waals surface area (Å²) < 4.78 is 43.9. The molecule has 28 heavy (non-hydrogen) atoms. The van der Waals surface area contributed by atoms with E-state index in [0.717, 1.165) is 19.3 Å². The van der Waals surface area contributed by atoms with Crippen LogP contribution in [-0.2, 0) is 11.2 Å². The van der Waals surface area contributed by atoms with Crippen molar-refractivity contribution in [2.75, 3.05) is 20.3 Å². The van der Waals surface area contributed by atoms with Crippen LogP contribution in [0.4, 0.5) is 8.78 Å². The number of rotatable bonds is 8. The van der Waals surface area contributed by atoms with E-state index in [0.29, 0.717) is 12.5 Å². The third-order valence-corrected chi connectivity index (χ3v) is 5.30. The van der Waals surface area contributed by atoms with Gasteiger partial charge in [0.1, 0.15) is 6.61 Å². The minimum absolute atomic E-state index is 0.119. The molecule has 0 radical (unpaired) electrons.